The van der Waals surface area contributed by atoms with E-state index in [1.165, 1.54) is 11.1 Å². The minimum atomic E-state index is 0.277. The van der Waals surface area contributed by atoms with Gasteiger partial charge < -0.3 is 14.5 Å². The van der Waals surface area contributed by atoms with Gasteiger partial charge in [-0.3, -0.25) is 4.90 Å². The van der Waals surface area contributed by atoms with Gasteiger partial charge in [-0.2, -0.15) is 0 Å². The van der Waals surface area contributed by atoms with E-state index in [1.807, 2.05) is 0 Å². The van der Waals surface area contributed by atoms with Crippen molar-refractivity contribution in [1.29, 1.82) is 0 Å². The van der Waals surface area contributed by atoms with Crippen molar-refractivity contribution in [2.24, 2.45) is 0 Å². The van der Waals surface area contributed by atoms with E-state index in [2.05, 4.69) is 91.4 Å². The van der Waals surface area contributed by atoms with Crippen LogP contribution in [0.5, 0.6) is 0 Å². The lowest BCUT2D eigenvalue weighted by Gasteiger charge is -2.40. The average Bonchev–Trinajstić information content (AvgIpc) is 2.87. The molecule has 6 heteroatoms. The molecule has 3 heterocycles. The molecule has 0 spiro atoms. The molecular formula is C25H29N5O. The monoisotopic (exact) mass is 415 g/mol. The number of hydrogen-bond donors (Lipinski definition) is 0. The van der Waals surface area contributed by atoms with Crippen LogP contribution in [-0.4, -0.2) is 67.4 Å². The molecule has 0 bridgehead atoms. The second-order valence-corrected chi connectivity index (χ2v) is 8.08. The molecule has 0 aliphatic carbocycles. The van der Waals surface area contributed by atoms with Gasteiger partial charge in [0.05, 0.1) is 19.3 Å². The van der Waals surface area contributed by atoms with Gasteiger partial charge in [-0.1, -0.05) is 60.7 Å². The van der Waals surface area contributed by atoms with Crippen LogP contribution in [0.25, 0.3) is 0 Å². The zero-order chi connectivity index (χ0) is 20.9. The second kappa shape index (κ2) is 9.45. The van der Waals surface area contributed by atoms with E-state index < -0.39 is 0 Å². The highest BCUT2D eigenvalue weighted by Gasteiger charge is 2.27. The van der Waals surface area contributed by atoms with Gasteiger partial charge in [-0.15, -0.1) is 0 Å². The van der Waals surface area contributed by atoms with Crippen LogP contribution in [0, 0.1) is 0 Å². The summed E-state index contributed by atoms with van der Waals surface area (Å²) in [6.07, 6.45) is 1.70. The van der Waals surface area contributed by atoms with E-state index in [0.29, 0.717) is 0 Å². The number of rotatable bonds is 5. The summed E-state index contributed by atoms with van der Waals surface area (Å²) < 4.78 is 5.47. The number of benzene rings is 2. The Morgan fingerprint density at radius 3 is 1.71 bits per heavy atom. The summed E-state index contributed by atoms with van der Waals surface area (Å²) in [7, 11) is 0. The van der Waals surface area contributed by atoms with E-state index in [0.717, 1.165) is 64.1 Å². The highest BCUT2D eigenvalue weighted by atomic mass is 16.5. The van der Waals surface area contributed by atoms with Crippen LogP contribution in [0.3, 0.4) is 0 Å². The lowest BCUT2D eigenvalue weighted by Crippen LogP contribution is -2.48. The van der Waals surface area contributed by atoms with Gasteiger partial charge in [0, 0.05) is 45.3 Å². The zero-order valence-corrected chi connectivity index (χ0v) is 17.8. The number of aromatic nitrogens is 2. The van der Waals surface area contributed by atoms with Crippen LogP contribution in [0.15, 0.2) is 73.1 Å². The molecule has 2 fully saturated rings. The Balaban J connectivity index is 1.31. The van der Waals surface area contributed by atoms with E-state index in [4.69, 9.17) is 4.74 Å². The van der Waals surface area contributed by atoms with Gasteiger partial charge in [0.25, 0.3) is 0 Å². The van der Waals surface area contributed by atoms with Crippen molar-refractivity contribution in [2.75, 3.05) is 62.3 Å². The van der Waals surface area contributed by atoms with Gasteiger partial charge in [-0.25, -0.2) is 9.97 Å². The third-order valence-electron chi connectivity index (χ3n) is 6.21. The summed E-state index contributed by atoms with van der Waals surface area (Å²) in [6.45, 7) is 7.19. The van der Waals surface area contributed by atoms with Crippen molar-refractivity contribution >= 4 is 11.6 Å². The Morgan fingerprint density at radius 1 is 0.645 bits per heavy atom. The third kappa shape index (κ3) is 4.55. The molecule has 31 heavy (non-hydrogen) atoms. The fraction of sp³-hybridized carbons (Fsp3) is 0.360. The van der Waals surface area contributed by atoms with Crippen molar-refractivity contribution < 1.29 is 4.74 Å². The van der Waals surface area contributed by atoms with Crippen LogP contribution in [0.1, 0.15) is 17.2 Å². The summed E-state index contributed by atoms with van der Waals surface area (Å²) >= 11 is 0. The van der Waals surface area contributed by atoms with Crippen molar-refractivity contribution in [3.05, 3.63) is 84.2 Å². The second-order valence-electron chi connectivity index (χ2n) is 8.08. The molecule has 2 aliphatic heterocycles. The smallest absolute Gasteiger partial charge is 0.134 e. The van der Waals surface area contributed by atoms with E-state index in [1.54, 1.807) is 6.33 Å². The summed E-state index contributed by atoms with van der Waals surface area (Å²) in [4.78, 5) is 16.3. The molecule has 6 nitrogen and oxygen atoms in total. The lowest BCUT2D eigenvalue weighted by molar-refractivity contribution is 0.122. The van der Waals surface area contributed by atoms with E-state index in [-0.39, 0.29) is 6.04 Å². The van der Waals surface area contributed by atoms with Crippen molar-refractivity contribution in [2.45, 2.75) is 6.04 Å². The Bertz CT molecular complexity index is 914. The molecule has 0 unspecified atom stereocenters. The molecule has 0 atom stereocenters. The molecule has 0 saturated carbocycles. The highest BCUT2D eigenvalue weighted by Crippen LogP contribution is 2.30. The molecule has 2 aromatic carbocycles. The Kier molecular flexibility index (Phi) is 6.09. The standard InChI is InChI=1S/C25H29N5O/c1-3-7-21(8-4-1)25(22-9-5-2-6-10-22)30-13-11-28(12-14-30)23-19-24(27-20-26-23)29-15-17-31-18-16-29/h1-10,19-20,25H,11-18H2. The number of nitrogens with zero attached hydrogens (tertiary/aromatic N) is 5. The largest absolute Gasteiger partial charge is 0.378 e. The van der Waals surface area contributed by atoms with Crippen LogP contribution < -0.4 is 9.80 Å². The first-order chi connectivity index (χ1) is 15.4. The fourth-order valence-corrected chi connectivity index (χ4v) is 4.57. The SMILES string of the molecule is c1ccc(C(c2ccccc2)N2CCN(c3cc(N4CCOCC4)ncn3)CC2)cc1. The van der Waals surface area contributed by atoms with Crippen LogP contribution in [0.4, 0.5) is 11.6 Å². The Labute approximate surface area is 184 Å². The van der Waals surface area contributed by atoms with Crippen molar-refractivity contribution in [1.82, 2.24) is 14.9 Å². The van der Waals surface area contributed by atoms with Gasteiger partial charge in [-0.05, 0) is 11.1 Å². The quantitative estimate of drug-likeness (QED) is 0.638. The third-order valence-corrected chi connectivity index (χ3v) is 6.21. The normalized spacial score (nSPS) is 17.8. The Morgan fingerprint density at radius 2 is 1.16 bits per heavy atom. The maximum atomic E-state index is 5.47. The van der Waals surface area contributed by atoms with E-state index in [9.17, 15) is 0 Å². The molecule has 1 aromatic heterocycles. The van der Waals surface area contributed by atoms with Gasteiger partial charge in [0.15, 0.2) is 0 Å². The van der Waals surface area contributed by atoms with Crippen molar-refractivity contribution in [3.8, 4) is 0 Å². The number of piperazine rings is 1. The molecule has 5 rings (SSSR count). The van der Waals surface area contributed by atoms with Crippen LogP contribution in [0.2, 0.25) is 0 Å². The summed E-state index contributed by atoms with van der Waals surface area (Å²) in [5, 5.41) is 0. The van der Waals surface area contributed by atoms with Gasteiger partial charge in [0.2, 0.25) is 0 Å². The predicted octanol–water partition coefficient (Wildman–Crippen LogP) is 3.22. The minimum Gasteiger partial charge on any atom is -0.378 e. The number of anilines is 2. The molecular weight excluding hydrogens is 386 g/mol. The summed E-state index contributed by atoms with van der Waals surface area (Å²) in [5.74, 6) is 2.02. The minimum absolute atomic E-state index is 0.277. The molecule has 0 radical (unpaired) electrons. The summed E-state index contributed by atoms with van der Waals surface area (Å²) in [5.41, 5.74) is 2.69. The molecule has 0 N–H and O–H groups in total. The number of ether oxygens (including phenoxy) is 1. The van der Waals surface area contributed by atoms with E-state index >= 15 is 0 Å². The first kappa shape index (κ1) is 20.0. The predicted molar refractivity (Wildman–Crippen MR) is 124 cm³/mol. The fourth-order valence-electron chi connectivity index (χ4n) is 4.57. The topological polar surface area (TPSA) is 44.7 Å². The lowest BCUT2D eigenvalue weighted by atomic mass is 9.96. The molecule has 3 aromatic rings. The van der Waals surface area contributed by atoms with Crippen LogP contribution in [-0.2, 0) is 4.74 Å². The average molecular weight is 416 g/mol. The van der Waals surface area contributed by atoms with Gasteiger partial charge >= 0.3 is 0 Å². The molecule has 0 amide bonds. The maximum absolute atomic E-state index is 5.47. The highest BCUT2D eigenvalue weighted by molar-refractivity contribution is 5.50. The number of morpholine rings is 1. The first-order valence-corrected chi connectivity index (χ1v) is 11.1. The molecule has 2 saturated heterocycles. The van der Waals surface area contributed by atoms with Gasteiger partial charge in [0.1, 0.15) is 18.0 Å². The Hall–Kier alpha value is -2.96. The first-order valence-electron chi connectivity index (χ1n) is 11.1. The van der Waals surface area contributed by atoms with Crippen LogP contribution >= 0.6 is 0 Å². The molecule has 2 aliphatic rings. The summed E-state index contributed by atoms with van der Waals surface area (Å²) in [6, 6.07) is 24.1. The maximum Gasteiger partial charge on any atom is 0.134 e. The van der Waals surface area contributed by atoms with Crippen molar-refractivity contribution in [3.63, 3.8) is 0 Å². The number of hydrogen-bond acceptors (Lipinski definition) is 6. The zero-order valence-electron chi connectivity index (χ0n) is 17.8. The molecule has 160 valence electrons.